The van der Waals surface area contributed by atoms with Crippen LogP contribution in [-0.4, -0.2) is 21.5 Å². The molecular formula is C30H18F6N4S2. The molecule has 2 aromatic heterocycles. The van der Waals surface area contributed by atoms with Gasteiger partial charge < -0.3 is 0 Å². The predicted octanol–water partition coefficient (Wildman–Crippen LogP) is 9.03. The summed E-state index contributed by atoms with van der Waals surface area (Å²) in [5.41, 5.74) is -2.30. The van der Waals surface area contributed by atoms with Crippen molar-refractivity contribution in [3.63, 3.8) is 0 Å². The summed E-state index contributed by atoms with van der Waals surface area (Å²) in [6.07, 6.45) is -6.34. The van der Waals surface area contributed by atoms with E-state index in [2.05, 4.69) is 9.97 Å². The summed E-state index contributed by atoms with van der Waals surface area (Å²) in [6, 6.07) is 21.4. The molecule has 0 amide bonds. The van der Waals surface area contributed by atoms with Gasteiger partial charge in [0, 0.05) is 22.6 Å². The molecule has 4 nitrogen and oxygen atoms in total. The number of thioether (sulfide) groups is 2. The molecule has 0 saturated carbocycles. The number of aromatic nitrogens is 2. The molecule has 212 valence electrons. The van der Waals surface area contributed by atoms with E-state index in [1.807, 2.05) is 0 Å². The van der Waals surface area contributed by atoms with Gasteiger partial charge in [0.05, 0.1) is 33.6 Å². The maximum absolute atomic E-state index is 13.8. The second kappa shape index (κ2) is 13.1. The summed E-state index contributed by atoms with van der Waals surface area (Å²) < 4.78 is 82.5. The standard InChI is InChI=1S/C30H18F6N4S2/c31-29(32,33)23-15-25(19-9-3-1-4-10-19)39-27(21(23)17-37)41-13-7-8-14-42-28-22(18-38)24(30(34,35)36)16-26(40-28)20-11-5-2-6-12-20/h1-12,15-16H,13-14H2. The van der Waals surface area contributed by atoms with E-state index in [1.165, 1.54) is 0 Å². The van der Waals surface area contributed by atoms with Crippen molar-refractivity contribution < 1.29 is 26.3 Å². The first-order valence-corrected chi connectivity index (χ1v) is 14.1. The average Bonchev–Trinajstić information content (AvgIpc) is 2.98. The summed E-state index contributed by atoms with van der Waals surface area (Å²) in [6.45, 7) is 0. The van der Waals surface area contributed by atoms with Crippen LogP contribution in [0.1, 0.15) is 22.3 Å². The maximum Gasteiger partial charge on any atom is 0.417 e. The molecule has 0 aliphatic heterocycles. The van der Waals surface area contributed by atoms with Gasteiger partial charge in [0.2, 0.25) is 0 Å². The Balaban J connectivity index is 1.54. The van der Waals surface area contributed by atoms with Gasteiger partial charge in [-0.3, -0.25) is 0 Å². The van der Waals surface area contributed by atoms with Crippen LogP contribution in [0.2, 0.25) is 0 Å². The number of benzene rings is 2. The second-order valence-corrected chi connectivity index (χ2v) is 10.5. The zero-order chi connectivity index (χ0) is 30.3. The summed E-state index contributed by atoms with van der Waals surface area (Å²) in [4.78, 5) is 8.59. The smallest absolute Gasteiger partial charge is 0.240 e. The molecule has 12 heteroatoms. The van der Waals surface area contributed by atoms with Gasteiger partial charge >= 0.3 is 12.4 Å². The first kappa shape index (κ1) is 30.7. The molecule has 42 heavy (non-hydrogen) atoms. The maximum atomic E-state index is 13.8. The van der Waals surface area contributed by atoms with Crippen LogP contribution in [0.4, 0.5) is 26.3 Å². The topological polar surface area (TPSA) is 73.4 Å². The normalized spacial score (nSPS) is 11.8. The highest BCUT2D eigenvalue weighted by Gasteiger charge is 2.37. The van der Waals surface area contributed by atoms with Crippen LogP contribution in [-0.2, 0) is 12.4 Å². The number of rotatable bonds is 8. The Kier molecular flexibility index (Phi) is 9.61. The van der Waals surface area contributed by atoms with Crippen molar-refractivity contribution in [2.45, 2.75) is 22.4 Å². The van der Waals surface area contributed by atoms with Crippen LogP contribution in [0.5, 0.6) is 0 Å². The molecule has 0 aliphatic rings. The first-order chi connectivity index (χ1) is 20.0. The molecule has 0 aliphatic carbocycles. The fourth-order valence-electron chi connectivity index (χ4n) is 3.82. The highest BCUT2D eigenvalue weighted by atomic mass is 32.2. The van der Waals surface area contributed by atoms with E-state index in [9.17, 15) is 36.9 Å². The summed E-state index contributed by atoms with van der Waals surface area (Å²) >= 11 is 1.85. The lowest BCUT2D eigenvalue weighted by atomic mass is 10.1. The third kappa shape index (κ3) is 7.32. The molecular weight excluding hydrogens is 594 g/mol. The van der Waals surface area contributed by atoms with Gasteiger partial charge in [-0.1, -0.05) is 72.8 Å². The molecule has 0 bridgehead atoms. The minimum atomic E-state index is -4.77. The molecule has 0 atom stereocenters. The molecule has 0 fully saturated rings. The lowest BCUT2D eigenvalue weighted by Gasteiger charge is -2.14. The molecule has 4 rings (SSSR count). The zero-order valence-corrected chi connectivity index (χ0v) is 23.0. The third-order valence-corrected chi connectivity index (χ3v) is 7.60. The fraction of sp³-hybridized carbons (Fsp3) is 0.133. The van der Waals surface area contributed by atoms with Crippen molar-refractivity contribution in [1.29, 1.82) is 10.5 Å². The number of nitrogens with zero attached hydrogens (tertiary/aromatic N) is 4. The SMILES string of the molecule is N#Cc1c(C(F)(F)F)cc(-c2ccccc2)nc1SCC=CCSc1nc(-c2ccccc2)cc(C(F)(F)F)c1C#N. The van der Waals surface area contributed by atoms with E-state index in [-0.39, 0.29) is 32.9 Å². The third-order valence-electron chi connectivity index (χ3n) is 5.75. The molecule has 0 saturated heterocycles. The minimum Gasteiger partial charge on any atom is -0.240 e. The minimum absolute atomic E-state index is 0.0674. The van der Waals surface area contributed by atoms with Gasteiger partial charge in [0.15, 0.2) is 0 Å². The van der Waals surface area contributed by atoms with Crippen LogP contribution in [0.15, 0.2) is 95.0 Å². The fourth-order valence-corrected chi connectivity index (χ4v) is 5.53. The summed E-state index contributed by atoms with van der Waals surface area (Å²) in [7, 11) is 0. The Hall–Kier alpha value is -4.26. The van der Waals surface area contributed by atoms with Crippen molar-refractivity contribution in [2.24, 2.45) is 0 Å². The zero-order valence-electron chi connectivity index (χ0n) is 21.4. The largest absolute Gasteiger partial charge is 0.417 e. The van der Waals surface area contributed by atoms with Gasteiger partial charge in [-0.2, -0.15) is 36.9 Å². The Morgan fingerprint density at radius 3 is 1.29 bits per heavy atom. The van der Waals surface area contributed by atoms with Crippen LogP contribution in [0.25, 0.3) is 22.5 Å². The molecule has 0 spiro atoms. The van der Waals surface area contributed by atoms with Crippen LogP contribution in [0.3, 0.4) is 0 Å². The number of hydrogen-bond acceptors (Lipinski definition) is 6. The Morgan fingerprint density at radius 1 is 0.619 bits per heavy atom. The van der Waals surface area contributed by atoms with Gasteiger partial charge in [0.25, 0.3) is 0 Å². The van der Waals surface area contributed by atoms with Crippen LogP contribution < -0.4 is 0 Å². The molecule has 2 heterocycles. The van der Waals surface area contributed by atoms with Crippen molar-refractivity contribution in [3.8, 4) is 34.7 Å². The number of nitriles is 2. The summed E-state index contributed by atoms with van der Waals surface area (Å²) in [5.74, 6) is 0.266. The molecule has 0 unspecified atom stereocenters. The first-order valence-electron chi connectivity index (χ1n) is 12.1. The van der Waals surface area contributed by atoms with Crippen LogP contribution >= 0.6 is 23.5 Å². The average molecular weight is 613 g/mol. The molecule has 4 aromatic rings. The van der Waals surface area contributed by atoms with Gasteiger partial charge in [-0.05, 0) is 12.1 Å². The van der Waals surface area contributed by atoms with E-state index in [0.29, 0.717) is 11.1 Å². The Labute approximate surface area is 245 Å². The van der Waals surface area contributed by atoms with Crippen molar-refractivity contribution in [1.82, 2.24) is 9.97 Å². The van der Waals surface area contributed by atoms with E-state index in [4.69, 9.17) is 0 Å². The highest BCUT2D eigenvalue weighted by molar-refractivity contribution is 7.99. The second-order valence-electron chi connectivity index (χ2n) is 8.52. The van der Waals surface area contributed by atoms with E-state index < -0.39 is 34.6 Å². The number of hydrogen-bond donors (Lipinski definition) is 0. The van der Waals surface area contributed by atoms with Gasteiger partial charge in [-0.25, -0.2) is 9.97 Å². The molecule has 0 radical (unpaired) electrons. The number of halogens is 6. The Morgan fingerprint density at radius 2 is 0.976 bits per heavy atom. The Bertz CT molecular complexity index is 1550. The van der Waals surface area contributed by atoms with Gasteiger partial charge in [-0.15, -0.1) is 23.5 Å². The quantitative estimate of drug-likeness (QED) is 0.112. The van der Waals surface area contributed by atoms with E-state index in [1.54, 1.807) is 85.0 Å². The lowest BCUT2D eigenvalue weighted by Crippen LogP contribution is -2.10. The number of pyridine rings is 2. The van der Waals surface area contributed by atoms with E-state index in [0.717, 1.165) is 35.7 Å². The highest BCUT2D eigenvalue weighted by Crippen LogP contribution is 2.39. The van der Waals surface area contributed by atoms with E-state index >= 15 is 0 Å². The summed E-state index contributed by atoms with van der Waals surface area (Å²) in [5, 5.41) is 18.8. The van der Waals surface area contributed by atoms with Crippen LogP contribution in [0, 0.1) is 22.7 Å². The van der Waals surface area contributed by atoms with Crippen molar-refractivity contribution >= 4 is 23.5 Å². The van der Waals surface area contributed by atoms with Crippen molar-refractivity contribution in [2.75, 3.05) is 11.5 Å². The predicted molar refractivity (Wildman–Crippen MR) is 149 cm³/mol. The lowest BCUT2D eigenvalue weighted by molar-refractivity contribution is -0.138. The molecule has 2 aromatic carbocycles. The molecule has 0 N–H and O–H groups in total. The monoisotopic (exact) mass is 612 g/mol. The van der Waals surface area contributed by atoms with Crippen molar-refractivity contribution in [3.05, 3.63) is 107 Å². The van der Waals surface area contributed by atoms with Gasteiger partial charge in [0.1, 0.15) is 22.2 Å². The number of alkyl halides is 6.